The SMILES string of the molecule is O=C(CN1CCCc2ccccc21)N[C@@H]1C[C@H]2CC[C@H]1C2. The van der Waals surface area contributed by atoms with E-state index in [0.717, 1.165) is 31.2 Å². The molecule has 1 aromatic carbocycles. The number of para-hydroxylation sites is 1. The van der Waals surface area contributed by atoms with E-state index in [4.69, 9.17) is 0 Å². The van der Waals surface area contributed by atoms with Crippen molar-refractivity contribution in [2.75, 3.05) is 18.0 Å². The van der Waals surface area contributed by atoms with E-state index in [2.05, 4.69) is 34.5 Å². The molecule has 3 aliphatic rings. The fourth-order valence-corrected chi connectivity index (χ4v) is 4.62. The quantitative estimate of drug-likeness (QED) is 0.925. The molecule has 1 aliphatic heterocycles. The van der Waals surface area contributed by atoms with Gasteiger partial charge in [0.1, 0.15) is 0 Å². The van der Waals surface area contributed by atoms with E-state index < -0.39 is 0 Å². The van der Waals surface area contributed by atoms with Crippen molar-refractivity contribution in [3.63, 3.8) is 0 Å². The van der Waals surface area contributed by atoms with Gasteiger partial charge in [0, 0.05) is 18.3 Å². The first-order chi connectivity index (χ1) is 10.3. The Morgan fingerprint density at radius 2 is 2.14 bits per heavy atom. The van der Waals surface area contributed by atoms with Gasteiger partial charge in [-0.05, 0) is 55.6 Å². The second kappa shape index (κ2) is 5.36. The van der Waals surface area contributed by atoms with E-state index in [1.54, 1.807) is 0 Å². The third kappa shape index (κ3) is 2.54. The molecule has 0 radical (unpaired) electrons. The molecule has 3 nitrogen and oxygen atoms in total. The predicted molar refractivity (Wildman–Crippen MR) is 84.4 cm³/mol. The van der Waals surface area contributed by atoms with Gasteiger partial charge in [0.25, 0.3) is 0 Å². The highest BCUT2D eigenvalue weighted by Gasteiger charge is 2.40. The van der Waals surface area contributed by atoms with Gasteiger partial charge in [-0.2, -0.15) is 0 Å². The molecule has 2 aliphatic carbocycles. The number of hydrogen-bond acceptors (Lipinski definition) is 2. The van der Waals surface area contributed by atoms with Crippen LogP contribution in [0.1, 0.15) is 37.7 Å². The van der Waals surface area contributed by atoms with Crippen LogP contribution in [-0.4, -0.2) is 25.0 Å². The van der Waals surface area contributed by atoms with Gasteiger partial charge in [0.15, 0.2) is 0 Å². The lowest BCUT2D eigenvalue weighted by molar-refractivity contribution is -0.120. The molecule has 1 heterocycles. The predicted octanol–water partition coefficient (Wildman–Crippen LogP) is 2.74. The Bertz CT molecular complexity index is 542. The van der Waals surface area contributed by atoms with E-state index in [-0.39, 0.29) is 5.91 Å². The third-order valence-corrected chi connectivity index (χ3v) is 5.63. The van der Waals surface area contributed by atoms with Crippen LogP contribution in [0.15, 0.2) is 24.3 Å². The van der Waals surface area contributed by atoms with Gasteiger partial charge < -0.3 is 10.2 Å². The molecule has 0 spiro atoms. The fraction of sp³-hybridized carbons (Fsp3) is 0.611. The van der Waals surface area contributed by atoms with Gasteiger partial charge in [-0.1, -0.05) is 24.6 Å². The number of carbonyl (C=O) groups is 1. The molecular weight excluding hydrogens is 260 g/mol. The Balaban J connectivity index is 1.39. The van der Waals surface area contributed by atoms with Crippen LogP contribution in [0.5, 0.6) is 0 Å². The third-order valence-electron chi connectivity index (χ3n) is 5.63. The maximum Gasteiger partial charge on any atom is 0.239 e. The first kappa shape index (κ1) is 13.2. The van der Waals surface area contributed by atoms with Crippen molar-refractivity contribution in [2.45, 2.75) is 44.6 Å². The Kier molecular flexibility index (Phi) is 3.36. The zero-order valence-corrected chi connectivity index (χ0v) is 12.6. The molecule has 1 aromatic rings. The highest BCUT2D eigenvalue weighted by atomic mass is 16.2. The molecule has 2 fully saturated rings. The molecule has 112 valence electrons. The summed E-state index contributed by atoms with van der Waals surface area (Å²) in [5, 5.41) is 3.31. The Morgan fingerprint density at radius 3 is 2.95 bits per heavy atom. The van der Waals surface area contributed by atoms with Crippen molar-refractivity contribution in [1.82, 2.24) is 5.32 Å². The minimum Gasteiger partial charge on any atom is -0.362 e. The monoisotopic (exact) mass is 284 g/mol. The van der Waals surface area contributed by atoms with E-state index in [0.29, 0.717) is 12.6 Å². The summed E-state index contributed by atoms with van der Waals surface area (Å²) in [7, 11) is 0. The zero-order valence-electron chi connectivity index (χ0n) is 12.6. The minimum absolute atomic E-state index is 0.212. The molecule has 2 saturated carbocycles. The number of amides is 1. The molecule has 1 N–H and O–H groups in total. The molecule has 3 atom stereocenters. The number of hydrogen-bond donors (Lipinski definition) is 1. The molecule has 2 bridgehead atoms. The summed E-state index contributed by atoms with van der Waals surface area (Å²) in [6.45, 7) is 1.52. The van der Waals surface area contributed by atoms with Crippen LogP contribution in [0.25, 0.3) is 0 Å². The van der Waals surface area contributed by atoms with Crippen molar-refractivity contribution >= 4 is 11.6 Å². The maximum absolute atomic E-state index is 12.4. The van der Waals surface area contributed by atoms with E-state index in [1.165, 1.54) is 36.9 Å². The molecule has 21 heavy (non-hydrogen) atoms. The van der Waals surface area contributed by atoms with Crippen LogP contribution in [0, 0.1) is 11.8 Å². The highest BCUT2D eigenvalue weighted by molar-refractivity contribution is 5.82. The van der Waals surface area contributed by atoms with Crippen LogP contribution >= 0.6 is 0 Å². The second-order valence-corrected chi connectivity index (χ2v) is 7.00. The van der Waals surface area contributed by atoms with Gasteiger partial charge in [-0.15, -0.1) is 0 Å². The lowest BCUT2D eigenvalue weighted by atomic mass is 9.95. The van der Waals surface area contributed by atoms with Crippen molar-refractivity contribution < 1.29 is 4.79 Å². The fourth-order valence-electron chi connectivity index (χ4n) is 4.62. The van der Waals surface area contributed by atoms with Crippen molar-refractivity contribution in [1.29, 1.82) is 0 Å². The average Bonchev–Trinajstić information content (AvgIpc) is 3.10. The summed E-state index contributed by atoms with van der Waals surface area (Å²) in [5.41, 5.74) is 2.64. The van der Waals surface area contributed by atoms with Crippen LogP contribution in [0.2, 0.25) is 0 Å². The first-order valence-electron chi connectivity index (χ1n) is 8.42. The number of benzene rings is 1. The van der Waals surface area contributed by atoms with Gasteiger partial charge >= 0.3 is 0 Å². The van der Waals surface area contributed by atoms with Gasteiger partial charge in [0.2, 0.25) is 5.91 Å². The topological polar surface area (TPSA) is 32.3 Å². The van der Waals surface area contributed by atoms with E-state index >= 15 is 0 Å². The number of anilines is 1. The van der Waals surface area contributed by atoms with Crippen molar-refractivity contribution in [3.8, 4) is 0 Å². The van der Waals surface area contributed by atoms with Crippen molar-refractivity contribution in [3.05, 3.63) is 29.8 Å². The van der Waals surface area contributed by atoms with Crippen LogP contribution in [0.3, 0.4) is 0 Å². The minimum atomic E-state index is 0.212. The molecule has 0 aromatic heterocycles. The van der Waals surface area contributed by atoms with Crippen LogP contribution in [0.4, 0.5) is 5.69 Å². The first-order valence-corrected chi connectivity index (χ1v) is 8.42. The number of aryl methyl sites for hydroxylation is 1. The standard InChI is InChI=1S/C18H24N2O/c21-18(19-16-11-13-7-8-15(16)10-13)12-20-9-3-5-14-4-1-2-6-17(14)20/h1-2,4,6,13,15-16H,3,5,7-12H2,(H,19,21)/t13-,15-,16+/m0/s1. The van der Waals surface area contributed by atoms with Gasteiger partial charge in [0.05, 0.1) is 6.54 Å². The summed E-state index contributed by atoms with van der Waals surface area (Å²) in [4.78, 5) is 14.7. The summed E-state index contributed by atoms with van der Waals surface area (Å²) in [6.07, 6.45) is 7.56. The van der Waals surface area contributed by atoms with Gasteiger partial charge in [-0.25, -0.2) is 0 Å². The highest BCUT2D eigenvalue weighted by Crippen LogP contribution is 2.44. The zero-order chi connectivity index (χ0) is 14.2. The normalized spacial score (nSPS) is 30.3. The molecule has 4 rings (SSSR count). The average molecular weight is 284 g/mol. The summed E-state index contributed by atoms with van der Waals surface area (Å²) in [6, 6.07) is 8.97. The number of fused-ring (bicyclic) bond motifs is 3. The molecular formula is C18H24N2O. The molecule has 0 unspecified atom stereocenters. The Labute approximate surface area is 126 Å². The van der Waals surface area contributed by atoms with Crippen LogP contribution < -0.4 is 10.2 Å². The molecule has 0 saturated heterocycles. The molecule has 1 amide bonds. The van der Waals surface area contributed by atoms with Crippen molar-refractivity contribution in [2.24, 2.45) is 11.8 Å². The van der Waals surface area contributed by atoms with Gasteiger partial charge in [-0.3, -0.25) is 4.79 Å². The Morgan fingerprint density at radius 1 is 1.24 bits per heavy atom. The summed E-state index contributed by atoms with van der Waals surface area (Å²) >= 11 is 0. The molecule has 3 heteroatoms. The second-order valence-electron chi connectivity index (χ2n) is 7.00. The Hall–Kier alpha value is -1.51. The van der Waals surface area contributed by atoms with E-state index in [9.17, 15) is 4.79 Å². The van der Waals surface area contributed by atoms with Crippen LogP contribution in [-0.2, 0) is 11.2 Å². The number of nitrogens with zero attached hydrogens (tertiary/aromatic N) is 1. The number of carbonyl (C=O) groups excluding carboxylic acids is 1. The van der Waals surface area contributed by atoms with E-state index in [1.807, 2.05) is 0 Å². The maximum atomic E-state index is 12.4. The largest absolute Gasteiger partial charge is 0.362 e. The smallest absolute Gasteiger partial charge is 0.239 e. The summed E-state index contributed by atoms with van der Waals surface area (Å²) in [5.74, 6) is 1.85. The lowest BCUT2D eigenvalue weighted by Gasteiger charge is -2.31. The summed E-state index contributed by atoms with van der Waals surface area (Å²) < 4.78 is 0. The lowest BCUT2D eigenvalue weighted by Crippen LogP contribution is -2.45. The number of rotatable bonds is 3. The number of nitrogens with one attached hydrogen (secondary N) is 1.